The van der Waals surface area contributed by atoms with Crippen LogP contribution in [0.15, 0.2) is 24.3 Å². The van der Waals surface area contributed by atoms with Crippen LogP contribution >= 0.6 is 0 Å². The fraction of sp³-hybridized carbons (Fsp3) is 0.250. The SMILES string of the molecule is Cc1nc2ccccc2c(CO)c1C. The number of para-hydroxylation sites is 1. The Balaban J connectivity index is 2.89. The van der Waals surface area contributed by atoms with Crippen LogP contribution in [-0.2, 0) is 6.61 Å². The van der Waals surface area contributed by atoms with E-state index in [1.54, 1.807) is 0 Å². The van der Waals surface area contributed by atoms with Crippen molar-refractivity contribution in [2.24, 2.45) is 0 Å². The fourth-order valence-corrected chi connectivity index (χ4v) is 1.71. The highest BCUT2D eigenvalue weighted by atomic mass is 16.3. The average Bonchev–Trinajstić information content (AvgIpc) is 2.20. The maximum atomic E-state index is 9.31. The van der Waals surface area contributed by atoms with Crippen molar-refractivity contribution in [3.8, 4) is 0 Å². The van der Waals surface area contributed by atoms with Gasteiger partial charge in [-0.1, -0.05) is 18.2 Å². The predicted octanol–water partition coefficient (Wildman–Crippen LogP) is 2.34. The maximum Gasteiger partial charge on any atom is 0.0709 e. The lowest BCUT2D eigenvalue weighted by Crippen LogP contribution is -1.97. The molecule has 0 aliphatic carbocycles. The molecule has 2 rings (SSSR count). The normalized spacial score (nSPS) is 10.8. The first kappa shape index (κ1) is 9.16. The summed E-state index contributed by atoms with van der Waals surface area (Å²) in [7, 11) is 0. The molecule has 0 saturated carbocycles. The largest absolute Gasteiger partial charge is 0.392 e. The smallest absolute Gasteiger partial charge is 0.0709 e. The number of benzene rings is 1. The Morgan fingerprint density at radius 1 is 1.21 bits per heavy atom. The van der Waals surface area contributed by atoms with Gasteiger partial charge in [0.1, 0.15) is 0 Å². The Kier molecular flexibility index (Phi) is 2.22. The van der Waals surface area contributed by atoms with Crippen molar-refractivity contribution < 1.29 is 5.11 Å². The number of pyridine rings is 1. The van der Waals surface area contributed by atoms with E-state index in [1.165, 1.54) is 0 Å². The van der Waals surface area contributed by atoms with E-state index in [-0.39, 0.29) is 6.61 Å². The van der Waals surface area contributed by atoms with E-state index in [0.717, 1.165) is 27.7 Å². The molecular weight excluding hydrogens is 174 g/mol. The second-order valence-corrected chi connectivity index (χ2v) is 3.48. The van der Waals surface area contributed by atoms with Crippen LogP contribution in [0.5, 0.6) is 0 Å². The van der Waals surface area contributed by atoms with Crippen molar-refractivity contribution in [3.63, 3.8) is 0 Å². The van der Waals surface area contributed by atoms with Crippen LogP contribution < -0.4 is 0 Å². The molecule has 0 aliphatic rings. The van der Waals surface area contributed by atoms with Crippen molar-refractivity contribution in [3.05, 3.63) is 41.1 Å². The van der Waals surface area contributed by atoms with Crippen LogP contribution in [0.3, 0.4) is 0 Å². The third kappa shape index (κ3) is 1.28. The van der Waals surface area contributed by atoms with Crippen LogP contribution in [0.1, 0.15) is 16.8 Å². The van der Waals surface area contributed by atoms with Gasteiger partial charge in [0.2, 0.25) is 0 Å². The number of aliphatic hydroxyl groups excluding tert-OH is 1. The summed E-state index contributed by atoms with van der Waals surface area (Å²) in [6.07, 6.45) is 0. The van der Waals surface area contributed by atoms with Crippen LogP contribution in [0.25, 0.3) is 10.9 Å². The quantitative estimate of drug-likeness (QED) is 0.743. The molecule has 0 radical (unpaired) electrons. The molecule has 0 amide bonds. The molecule has 0 aliphatic heterocycles. The molecule has 2 aromatic rings. The van der Waals surface area contributed by atoms with Gasteiger partial charge in [-0.05, 0) is 31.0 Å². The molecule has 72 valence electrons. The van der Waals surface area contributed by atoms with E-state index < -0.39 is 0 Å². The Bertz CT molecular complexity index is 477. The number of rotatable bonds is 1. The number of aliphatic hydroxyl groups is 1. The predicted molar refractivity (Wildman–Crippen MR) is 57.1 cm³/mol. The standard InChI is InChI=1S/C12H13NO/c1-8-9(2)13-12-6-4-3-5-10(12)11(8)7-14/h3-6,14H,7H2,1-2H3. The second kappa shape index (κ2) is 3.39. The summed E-state index contributed by atoms with van der Waals surface area (Å²) in [5.41, 5.74) is 4.03. The first-order valence-electron chi connectivity index (χ1n) is 4.69. The molecule has 2 heteroatoms. The van der Waals surface area contributed by atoms with Gasteiger partial charge in [0.25, 0.3) is 0 Å². The minimum absolute atomic E-state index is 0.0791. The average molecular weight is 187 g/mol. The highest BCUT2D eigenvalue weighted by molar-refractivity contribution is 5.83. The van der Waals surface area contributed by atoms with E-state index in [9.17, 15) is 5.11 Å². The van der Waals surface area contributed by atoms with Crippen molar-refractivity contribution in [2.75, 3.05) is 0 Å². The molecule has 1 aromatic carbocycles. The summed E-state index contributed by atoms with van der Waals surface area (Å²) in [6.45, 7) is 4.05. The fourth-order valence-electron chi connectivity index (χ4n) is 1.71. The Hall–Kier alpha value is -1.41. The number of aryl methyl sites for hydroxylation is 1. The minimum atomic E-state index is 0.0791. The zero-order chi connectivity index (χ0) is 10.1. The molecular formula is C12H13NO. The summed E-state index contributed by atoms with van der Waals surface area (Å²) in [6, 6.07) is 7.91. The van der Waals surface area contributed by atoms with Crippen molar-refractivity contribution in [1.29, 1.82) is 0 Å². The van der Waals surface area contributed by atoms with Gasteiger partial charge in [0, 0.05) is 11.1 Å². The van der Waals surface area contributed by atoms with E-state index in [1.807, 2.05) is 38.1 Å². The van der Waals surface area contributed by atoms with Gasteiger partial charge in [-0.25, -0.2) is 0 Å². The first-order chi connectivity index (χ1) is 6.74. The van der Waals surface area contributed by atoms with Gasteiger partial charge >= 0.3 is 0 Å². The second-order valence-electron chi connectivity index (χ2n) is 3.48. The monoisotopic (exact) mass is 187 g/mol. The topological polar surface area (TPSA) is 33.1 Å². The van der Waals surface area contributed by atoms with E-state index in [4.69, 9.17) is 0 Å². The third-order valence-electron chi connectivity index (χ3n) is 2.67. The lowest BCUT2D eigenvalue weighted by molar-refractivity contribution is 0.282. The van der Waals surface area contributed by atoms with Crippen LogP contribution in [0.2, 0.25) is 0 Å². The third-order valence-corrected chi connectivity index (χ3v) is 2.67. The molecule has 0 atom stereocenters. The van der Waals surface area contributed by atoms with Gasteiger partial charge in [0.15, 0.2) is 0 Å². The van der Waals surface area contributed by atoms with Crippen molar-refractivity contribution in [1.82, 2.24) is 4.98 Å². The number of hydrogen-bond acceptors (Lipinski definition) is 2. The first-order valence-corrected chi connectivity index (χ1v) is 4.69. The molecule has 0 fully saturated rings. The summed E-state index contributed by atoms with van der Waals surface area (Å²) in [5, 5.41) is 10.4. The zero-order valence-corrected chi connectivity index (χ0v) is 8.41. The number of aromatic nitrogens is 1. The molecule has 1 N–H and O–H groups in total. The van der Waals surface area contributed by atoms with E-state index in [0.29, 0.717) is 0 Å². The molecule has 2 nitrogen and oxygen atoms in total. The number of fused-ring (bicyclic) bond motifs is 1. The molecule has 0 spiro atoms. The lowest BCUT2D eigenvalue weighted by atomic mass is 10.0. The summed E-state index contributed by atoms with van der Waals surface area (Å²) in [4.78, 5) is 4.47. The van der Waals surface area contributed by atoms with Crippen LogP contribution in [0.4, 0.5) is 0 Å². The van der Waals surface area contributed by atoms with E-state index in [2.05, 4.69) is 4.98 Å². The highest BCUT2D eigenvalue weighted by Gasteiger charge is 2.06. The maximum absolute atomic E-state index is 9.31. The molecule has 14 heavy (non-hydrogen) atoms. The summed E-state index contributed by atoms with van der Waals surface area (Å²) in [5.74, 6) is 0. The zero-order valence-electron chi connectivity index (χ0n) is 8.41. The van der Waals surface area contributed by atoms with Gasteiger partial charge in [-0.2, -0.15) is 0 Å². The van der Waals surface area contributed by atoms with Gasteiger partial charge < -0.3 is 5.11 Å². The number of hydrogen-bond donors (Lipinski definition) is 1. The van der Waals surface area contributed by atoms with Crippen molar-refractivity contribution in [2.45, 2.75) is 20.5 Å². The van der Waals surface area contributed by atoms with Gasteiger partial charge in [0.05, 0.1) is 12.1 Å². The molecule has 1 aromatic heterocycles. The molecule has 0 unspecified atom stereocenters. The Morgan fingerprint density at radius 3 is 2.64 bits per heavy atom. The summed E-state index contributed by atoms with van der Waals surface area (Å²) >= 11 is 0. The highest BCUT2D eigenvalue weighted by Crippen LogP contribution is 2.22. The van der Waals surface area contributed by atoms with E-state index >= 15 is 0 Å². The van der Waals surface area contributed by atoms with Gasteiger partial charge in [-0.3, -0.25) is 4.98 Å². The van der Waals surface area contributed by atoms with Crippen LogP contribution in [-0.4, -0.2) is 10.1 Å². The minimum Gasteiger partial charge on any atom is -0.392 e. The van der Waals surface area contributed by atoms with Crippen LogP contribution in [0, 0.1) is 13.8 Å². The lowest BCUT2D eigenvalue weighted by Gasteiger charge is -2.09. The molecule has 1 heterocycles. The molecule has 0 saturated heterocycles. The van der Waals surface area contributed by atoms with Crippen molar-refractivity contribution >= 4 is 10.9 Å². The number of nitrogens with zero attached hydrogens (tertiary/aromatic N) is 1. The Morgan fingerprint density at radius 2 is 1.93 bits per heavy atom. The summed E-state index contributed by atoms with van der Waals surface area (Å²) < 4.78 is 0. The molecule has 0 bridgehead atoms. The Labute approximate surface area is 83.2 Å². The van der Waals surface area contributed by atoms with Gasteiger partial charge in [-0.15, -0.1) is 0 Å².